The van der Waals surface area contributed by atoms with E-state index >= 15 is 0 Å². The molecule has 3 heterocycles. The number of aromatic nitrogens is 1. The normalized spacial score (nSPS) is 20.5. The maximum absolute atomic E-state index is 12.6. The fourth-order valence-corrected chi connectivity index (χ4v) is 4.93. The van der Waals surface area contributed by atoms with Crippen molar-refractivity contribution >= 4 is 34.5 Å². The van der Waals surface area contributed by atoms with E-state index in [0.29, 0.717) is 25.4 Å². The lowest BCUT2D eigenvalue weighted by Gasteiger charge is -2.21. The van der Waals surface area contributed by atoms with Crippen molar-refractivity contribution in [3.05, 3.63) is 28.6 Å². The highest BCUT2D eigenvalue weighted by atomic mass is 32.1. The van der Waals surface area contributed by atoms with Crippen LogP contribution in [0, 0.1) is 5.92 Å². The minimum atomic E-state index is -0.152. The Morgan fingerprint density at radius 1 is 1.32 bits per heavy atom. The molecule has 2 aromatic rings. The van der Waals surface area contributed by atoms with E-state index in [2.05, 4.69) is 20.5 Å². The van der Waals surface area contributed by atoms with E-state index in [0.717, 1.165) is 29.3 Å². The molecule has 2 aromatic heterocycles. The number of carbonyl (C=O) groups is 2. The molecule has 28 heavy (non-hydrogen) atoms. The van der Waals surface area contributed by atoms with Crippen molar-refractivity contribution in [2.45, 2.75) is 18.9 Å². The van der Waals surface area contributed by atoms with Crippen LogP contribution in [-0.4, -0.2) is 68.1 Å². The van der Waals surface area contributed by atoms with E-state index in [-0.39, 0.29) is 23.8 Å². The second-order valence-corrected chi connectivity index (χ2v) is 8.77. The molecule has 2 atom stereocenters. The molecule has 0 unspecified atom stereocenters. The van der Waals surface area contributed by atoms with Crippen molar-refractivity contribution in [1.82, 2.24) is 20.5 Å². The molecule has 1 saturated heterocycles. The van der Waals surface area contributed by atoms with Gasteiger partial charge in [-0.1, -0.05) is 6.07 Å². The SMILES string of the molecule is COCCNC(=O)[C@@H]1CC[C@H](NC(=O)c2csc(-c3cccs3)n2)CN(C)C1. The van der Waals surface area contributed by atoms with E-state index in [4.69, 9.17) is 4.74 Å². The third-order valence-electron chi connectivity index (χ3n) is 4.71. The molecule has 2 N–H and O–H groups in total. The lowest BCUT2D eigenvalue weighted by molar-refractivity contribution is -0.125. The molecule has 0 aliphatic carbocycles. The number of hydrogen-bond donors (Lipinski definition) is 2. The van der Waals surface area contributed by atoms with E-state index in [1.165, 1.54) is 11.3 Å². The maximum atomic E-state index is 12.6. The first-order chi connectivity index (χ1) is 13.6. The Kier molecular flexibility index (Phi) is 7.55. The highest BCUT2D eigenvalue weighted by Gasteiger charge is 2.28. The van der Waals surface area contributed by atoms with Crippen LogP contribution in [0.3, 0.4) is 0 Å². The number of amides is 2. The molecule has 1 fully saturated rings. The predicted molar refractivity (Wildman–Crippen MR) is 112 cm³/mol. The highest BCUT2D eigenvalue weighted by molar-refractivity contribution is 7.20. The minimum absolute atomic E-state index is 0.00108. The number of hydrogen-bond acceptors (Lipinski definition) is 7. The monoisotopic (exact) mass is 422 g/mol. The molecule has 0 spiro atoms. The van der Waals surface area contributed by atoms with Gasteiger partial charge in [0.15, 0.2) is 0 Å². The average Bonchev–Trinajstić information content (AvgIpc) is 3.33. The van der Waals surface area contributed by atoms with Crippen LogP contribution in [0.25, 0.3) is 9.88 Å². The van der Waals surface area contributed by atoms with Crippen LogP contribution in [0.15, 0.2) is 22.9 Å². The van der Waals surface area contributed by atoms with Gasteiger partial charge in [-0.15, -0.1) is 22.7 Å². The van der Waals surface area contributed by atoms with E-state index < -0.39 is 0 Å². The summed E-state index contributed by atoms with van der Waals surface area (Å²) in [6.07, 6.45) is 1.51. The summed E-state index contributed by atoms with van der Waals surface area (Å²) in [5, 5.41) is 10.7. The van der Waals surface area contributed by atoms with Gasteiger partial charge in [0.1, 0.15) is 10.7 Å². The van der Waals surface area contributed by atoms with Gasteiger partial charge in [-0.2, -0.15) is 0 Å². The Bertz CT molecular complexity index is 778. The van der Waals surface area contributed by atoms with Gasteiger partial charge < -0.3 is 20.3 Å². The standard InChI is InChI=1S/C19H26N4O3S2/c1-23-10-13(17(24)20-7-8-26-2)5-6-14(11-23)21-18(25)15-12-28-19(22-15)16-4-3-9-27-16/h3-4,9,12-14H,5-8,10-11H2,1-2H3,(H,20,24)(H,21,25)/t13-,14+/m1/s1. The number of ether oxygens (including phenoxy) is 1. The number of rotatable bonds is 7. The number of thiazole rings is 1. The van der Waals surface area contributed by atoms with Gasteiger partial charge in [-0.05, 0) is 31.3 Å². The van der Waals surface area contributed by atoms with Crippen LogP contribution in [0.5, 0.6) is 0 Å². The second kappa shape index (κ2) is 10.1. The van der Waals surface area contributed by atoms with Gasteiger partial charge >= 0.3 is 0 Å². The summed E-state index contributed by atoms with van der Waals surface area (Å²) in [6.45, 7) is 2.43. The van der Waals surface area contributed by atoms with Crippen molar-refractivity contribution < 1.29 is 14.3 Å². The van der Waals surface area contributed by atoms with Crippen LogP contribution in [0.1, 0.15) is 23.3 Å². The first-order valence-electron chi connectivity index (χ1n) is 9.32. The third kappa shape index (κ3) is 5.60. The summed E-state index contributed by atoms with van der Waals surface area (Å²) in [5.41, 5.74) is 0.453. The van der Waals surface area contributed by atoms with Gasteiger partial charge in [0, 0.05) is 38.2 Å². The zero-order valence-corrected chi connectivity index (χ0v) is 17.8. The molecule has 0 radical (unpaired) electrons. The number of likely N-dealkylation sites (N-methyl/N-ethyl adjacent to an activating group) is 1. The molecule has 0 bridgehead atoms. The maximum Gasteiger partial charge on any atom is 0.271 e. The van der Waals surface area contributed by atoms with Crippen molar-refractivity contribution in [2.75, 3.05) is 40.4 Å². The van der Waals surface area contributed by atoms with Crippen LogP contribution in [0.4, 0.5) is 0 Å². The first kappa shape index (κ1) is 20.9. The Morgan fingerprint density at radius 2 is 2.18 bits per heavy atom. The minimum Gasteiger partial charge on any atom is -0.383 e. The number of likely N-dealkylation sites (tertiary alicyclic amines) is 1. The van der Waals surface area contributed by atoms with Crippen LogP contribution in [-0.2, 0) is 9.53 Å². The summed E-state index contributed by atoms with van der Waals surface area (Å²) >= 11 is 3.09. The summed E-state index contributed by atoms with van der Waals surface area (Å²) < 4.78 is 4.98. The summed E-state index contributed by atoms with van der Waals surface area (Å²) in [7, 11) is 3.60. The van der Waals surface area contributed by atoms with Gasteiger partial charge in [0.2, 0.25) is 5.91 Å². The van der Waals surface area contributed by atoms with Crippen LogP contribution < -0.4 is 10.6 Å². The van der Waals surface area contributed by atoms with Crippen molar-refractivity contribution in [2.24, 2.45) is 5.92 Å². The van der Waals surface area contributed by atoms with Crippen LogP contribution >= 0.6 is 22.7 Å². The first-order valence-corrected chi connectivity index (χ1v) is 11.1. The fraction of sp³-hybridized carbons (Fsp3) is 0.526. The molecule has 9 heteroatoms. The number of thiophene rings is 1. The third-order valence-corrected chi connectivity index (χ3v) is 6.59. The molecule has 0 aromatic carbocycles. The second-order valence-electron chi connectivity index (χ2n) is 6.96. The Morgan fingerprint density at radius 3 is 2.93 bits per heavy atom. The quantitative estimate of drug-likeness (QED) is 0.668. The van der Waals surface area contributed by atoms with E-state index in [1.807, 2.05) is 24.6 Å². The van der Waals surface area contributed by atoms with E-state index in [9.17, 15) is 9.59 Å². The summed E-state index contributed by atoms with van der Waals surface area (Å²) in [6, 6.07) is 3.98. The van der Waals surface area contributed by atoms with Gasteiger partial charge in [0.05, 0.1) is 17.4 Å². The lowest BCUT2D eigenvalue weighted by Crippen LogP contribution is -2.42. The molecule has 0 saturated carbocycles. The van der Waals surface area contributed by atoms with Gasteiger partial charge in [-0.25, -0.2) is 4.98 Å². The number of methoxy groups -OCH3 is 1. The molecular formula is C19H26N4O3S2. The zero-order valence-electron chi connectivity index (χ0n) is 16.1. The Hall–Kier alpha value is -1.81. The Labute approximate surface area is 173 Å². The Balaban J connectivity index is 1.54. The number of carbonyl (C=O) groups excluding carboxylic acids is 2. The molecule has 2 amide bonds. The topological polar surface area (TPSA) is 83.6 Å². The summed E-state index contributed by atoms with van der Waals surface area (Å²) in [5.74, 6) is -0.176. The van der Waals surface area contributed by atoms with Gasteiger partial charge in [0.25, 0.3) is 5.91 Å². The molecule has 1 aliphatic heterocycles. The van der Waals surface area contributed by atoms with E-state index in [1.54, 1.807) is 23.8 Å². The molecule has 3 rings (SSSR count). The van der Waals surface area contributed by atoms with Crippen molar-refractivity contribution in [3.8, 4) is 9.88 Å². The largest absolute Gasteiger partial charge is 0.383 e. The number of nitrogens with one attached hydrogen (secondary N) is 2. The smallest absolute Gasteiger partial charge is 0.271 e. The lowest BCUT2D eigenvalue weighted by atomic mass is 10.0. The fourth-order valence-electron chi connectivity index (χ4n) is 3.32. The molecular weight excluding hydrogens is 396 g/mol. The van der Waals surface area contributed by atoms with Crippen LogP contribution in [0.2, 0.25) is 0 Å². The zero-order chi connectivity index (χ0) is 19.9. The average molecular weight is 423 g/mol. The highest BCUT2D eigenvalue weighted by Crippen LogP contribution is 2.27. The van der Waals surface area contributed by atoms with Crippen molar-refractivity contribution in [1.29, 1.82) is 0 Å². The number of nitrogens with zero attached hydrogens (tertiary/aromatic N) is 2. The molecule has 152 valence electrons. The van der Waals surface area contributed by atoms with Crippen molar-refractivity contribution in [3.63, 3.8) is 0 Å². The molecule has 1 aliphatic rings. The molecule has 7 nitrogen and oxygen atoms in total. The predicted octanol–water partition coefficient (Wildman–Crippen LogP) is 2.07. The van der Waals surface area contributed by atoms with Gasteiger partial charge in [-0.3, -0.25) is 9.59 Å². The summed E-state index contributed by atoms with van der Waals surface area (Å²) in [4.78, 5) is 32.6.